The second kappa shape index (κ2) is 8.87. The van der Waals surface area contributed by atoms with E-state index in [1.165, 1.54) is 0 Å². The van der Waals surface area contributed by atoms with Gasteiger partial charge in [0.25, 0.3) is 0 Å². The Labute approximate surface area is 119 Å². The Morgan fingerprint density at radius 3 is 2.25 bits per heavy atom. The molecule has 0 bridgehead atoms. The first-order valence-corrected chi connectivity index (χ1v) is 6.95. The van der Waals surface area contributed by atoms with Crippen molar-refractivity contribution in [3.8, 4) is 5.75 Å². The first kappa shape index (κ1) is 16.9. The van der Waals surface area contributed by atoms with Gasteiger partial charge in [0, 0.05) is 19.1 Å². The molecule has 0 radical (unpaired) electrons. The molecule has 2 N–H and O–H groups in total. The van der Waals surface area contributed by atoms with E-state index in [9.17, 15) is 8.78 Å². The van der Waals surface area contributed by atoms with Crippen LogP contribution in [0.25, 0.3) is 0 Å². The lowest BCUT2D eigenvalue weighted by atomic mass is 10.2. The number of ether oxygens (including phenoxy) is 1. The molecule has 5 heteroatoms. The molecule has 0 aliphatic rings. The Kier molecular flexibility index (Phi) is 7.47. The van der Waals surface area contributed by atoms with E-state index in [4.69, 9.17) is 0 Å². The van der Waals surface area contributed by atoms with Gasteiger partial charge in [0.15, 0.2) is 0 Å². The molecule has 0 amide bonds. The van der Waals surface area contributed by atoms with Crippen molar-refractivity contribution in [3.63, 3.8) is 0 Å². The molecule has 20 heavy (non-hydrogen) atoms. The minimum absolute atomic E-state index is 0.190. The highest BCUT2D eigenvalue weighted by atomic mass is 19.3. The Balaban J connectivity index is 2.27. The third kappa shape index (κ3) is 7.40. The van der Waals surface area contributed by atoms with Crippen LogP contribution in [0.15, 0.2) is 24.3 Å². The molecule has 114 valence electrons. The summed E-state index contributed by atoms with van der Waals surface area (Å²) in [5.74, 6) is 0.833. The van der Waals surface area contributed by atoms with E-state index < -0.39 is 6.61 Å². The molecule has 0 fully saturated rings. The molecule has 1 aromatic carbocycles. The van der Waals surface area contributed by atoms with Gasteiger partial charge in [0.05, 0.1) is 0 Å². The van der Waals surface area contributed by atoms with Gasteiger partial charge in [-0.1, -0.05) is 26.0 Å². The van der Waals surface area contributed by atoms with Crippen molar-refractivity contribution >= 4 is 0 Å². The van der Waals surface area contributed by atoms with Crippen LogP contribution >= 0.6 is 0 Å². The van der Waals surface area contributed by atoms with Crippen LogP contribution in [0, 0.1) is 5.92 Å². The second-order valence-corrected chi connectivity index (χ2v) is 5.36. The average Bonchev–Trinajstić information content (AvgIpc) is 2.37. The summed E-state index contributed by atoms with van der Waals surface area (Å²) in [6, 6.07) is 7.05. The van der Waals surface area contributed by atoms with E-state index in [0.717, 1.165) is 18.7 Å². The maximum Gasteiger partial charge on any atom is 0.387 e. The van der Waals surface area contributed by atoms with Gasteiger partial charge in [-0.25, -0.2) is 0 Å². The molecule has 0 aliphatic carbocycles. The first-order chi connectivity index (χ1) is 9.47. The van der Waals surface area contributed by atoms with E-state index in [0.29, 0.717) is 18.5 Å². The molecule has 0 saturated carbocycles. The van der Waals surface area contributed by atoms with Crippen LogP contribution in [0.5, 0.6) is 5.75 Å². The molecule has 3 nitrogen and oxygen atoms in total. The molecule has 1 aromatic rings. The number of benzene rings is 1. The third-order valence-electron chi connectivity index (χ3n) is 2.81. The Morgan fingerprint density at radius 2 is 1.70 bits per heavy atom. The van der Waals surface area contributed by atoms with Crippen molar-refractivity contribution < 1.29 is 13.5 Å². The van der Waals surface area contributed by atoms with Crippen LogP contribution in [-0.4, -0.2) is 25.7 Å². The van der Waals surface area contributed by atoms with Gasteiger partial charge >= 0.3 is 6.61 Å². The van der Waals surface area contributed by atoms with E-state index in [2.05, 4.69) is 36.1 Å². The molecule has 0 aromatic heterocycles. The smallest absolute Gasteiger partial charge is 0.387 e. The summed E-state index contributed by atoms with van der Waals surface area (Å²) in [5.41, 5.74) is 1.04. The number of nitrogens with one attached hydrogen (secondary N) is 2. The van der Waals surface area contributed by atoms with Crippen LogP contribution in [0.2, 0.25) is 0 Å². The van der Waals surface area contributed by atoms with Gasteiger partial charge in [-0.05, 0) is 37.1 Å². The van der Waals surface area contributed by atoms with Crippen molar-refractivity contribution in [3.05, 3.63) is 29.8 Å². The average molecular weight is 286 g/mol. The minimum atomic E-state index is -2.77. The van der Waals surface area contributed by atoms with Crippen molar-refractivity contribution in [1.82, 2.24) is 10.6 Å². The van der Waals surface area contributed by atoms with Crippen LogP contribution in [0.1, 0.15) is 26.3 Å². The molecule has 1 unspecified atom stereocenters. The standard InChI is InChI=1S/C15H24F2N2O/c1-11(2)8-18-9-12(3)19-10-13-4-6-14(7-5-13)20-15(16)17/h4-7,11-12,15,18-19H,8-10H2,1-3H3. The third-order valence-corrected chi connectivity index (χ3v) is 2.81. The van der Waals surface area contributed by atoms with E-state index in [1.807, 2.05) is 0 Å². The number of hydrogen-bond donors (Lipinski definition) is 2. The minimum Gasteiger partial charge on any atom is -0.435 e. The van der Waals surface area contributed by atoms with Gasteiger partial charge in [-0.2, -0.15) is 8.78 Å². The lowest BCUT2D eigenvalue weighted by molar-refractivity contribution is -0.0498. The zero-order valence-electron chi connectivity index (χ0n) is 12.3. The molecular weight excluding hydrogens is 262 g/mol. The highest BCUT2D eigenvalue weighted by Crippen LogP contribution is 2.14. The van der Waals surface area contributed by atoms with Crippen molar-refractivity contribution in [2.75, 3.05) is 13.1 Å². The van der Waals surface area contributed by atoms with Gasteiger partial charge in [-0.3, -0.25) is 0 Å². The van der Waals surface area contributed by atoms with Crippen molar-refractivity contribution in [1.29, 1.82) is 0 Å². The van der Waals surface area contributed by atoms with Crippen LogP contribution in [0.4, 0.5) is 8.78 Å². The molecule has 0 spiro atoms. The summed E-state index contributed by atoms with van der Waals surface area (Å²) in [6.07, 6.45) is 0. The summed E-state index contributed by atoms with van der Waals surface area (Å²) in [5, 5.41) is 6.77. The largest absolute Gasteiger partial charge is 0.435 e. The van der Waals surface area contributed by atoms with E-state index in [1.54, 1.807) is 24.3 Å². The summed E-state index contributed by atoms with van der Waals surface area (Å²) in [7, 11) is 0. The fraction of sp³-hybridized carbons (Fsp3) is 0.600. The number of hydrogen-bond acceptors (Lipinski definition) is 3. The van der Waals surface area contributed by atoms with Crippen molar-refractivity contribution in [2.24, 2.45) is 5.92 Å². The Bertz CT molecular complexity index is 369. The topological polar surface area (TPSA) is 33.3 Å². The molecule has 0 saturated heterocycles. The molecule has 0 aliphatic heterocycles. The second-order valence-electron chi connectivity index (χ2n) is 5.36. The molecule has 1 rings (SSSR count). The maximum atomic E-state index is 12.0. The number of halogens is 2. The fourth-order valence-electron chi connectivity index (χ4n) is 1.74. The predicted molar refractivity (Wildman–Crippen MR) is 77.1 cm³/mol. The number of alkyl halides is 2. The number of rotatable bonds is 9. The molecule has 0 heterocycles. The zero-order chi connectivity index (χ0) is 15.0. The highest BCUT2D eigenvalue weighted by Gasteiger charge is 2.05. The zero-order valence-corrected chi connectivity index (χ0v) is 12.3. The van der Waals surface area contributed by atoms with Crippen LogP contribution in [0.3, 0.4) is 0 Å². The SMILES string of the molecule is CC(C)CNCC(C)NCc1ccc(OC(F)F)cc1. The Hall–Kier alpha value is -1.20. The van der Waals surface area contributed by atoms with Crippen LogP contribution in [-0.2, 0) is 6.54 Å². The summed E-state index contributed by atoms with van der Waals surface area (Å²) in [4.78, 5) is 0. The normalized spacial score (nSPS) is 12.9. The molecular formula is C15H24F2N2O. The maximum absolute atomic E-state index is 12.0. The molecule has 1 atom stereocenters. The quantitative estimate of drug-likeness (QED) is 0.732. The Morgan fingerprint density at radius 1 is 1.05 bits per heavy atom. The summed E-state index contributed by atoms with van der Waals surface area (Å²) < 4.78 is 28.3. The summed E-state index contributed by atoms with van der Waals surface area (Å²) in [6.45, 7) is 6.31. The van der Waals surface area contributed by atoms with Gasteiger partial charge in [-0.15, -0.1) is 0 Å². The summed E-state index contributed by atoms with van der Waals surface area (Å²) >= 11 is 0. The van der Waals surface area contributed by atoms with E-state index >= 15 is 0 Å². The lowest BCUT2D eigenvalue weighted by Crippen LogP contribution is -2.37. The predicted octanol–water partition coefficient (Wildman–Crippen LogP) is 3.01. The van der Waals surface area contributed by atoms with Crippen molar-refractivity contribution in [2.45, 2.75) is 40.0 Å². The highest BCUT2D eigenvalue weighted by molar-refractivity contribution is 5.27. The first-order valence-electron chi connectivity index (χ1n) is 6.95. The van der Waals surface area contributed by atoms with E-state index in [-0.39, 0.29) is 5.75 Å². The monoisotopic (exact) mass is 286 g/mol. The van der Waals surface area contributed by atoms with Gasteiger partial charge in [0.1, 0.15) is 5.75 Å². The van der Waals surface area contributed by atoms with Gasteiger partial charge < -0.3 is 15.4 Å². The fourth-order valence-corrected chi connectivity index (χ4v) is 1.74. The lowest BCUT2D eigenvalue weighted by Gasteiger charge is -2.16. The van der Waals surface area contributed by atoms with Gasteiger partial charge in [0.2, 0.25) is 0 Å². The van der Waals surface area contributed by atoms with Crippen LogP contribution < -0.4 is 15.4 Å².